The van der Waals surface area contributed by atoms with Crippen LogP contribution in [0.15, 0.2) is 18.2 Å². The molecular formula is C14H20N2O. The lowest BCUT2D eigenvalue weighted by molar-refractivity contribution is 0.329. The van der Waals surface area contributed by atoms with E-state index in [2.05, 4.69) is 10.6 Å². The molecule has 3 nitrogen and oxygen atoms in total. The van der Waals surface area contributed by atoms with Crippen molar-refractivity contribution >= 4 is 5.69 Å². The molecule has 0 spiro atoms. The molecule has 0 radical (unpaired) electrons. The van der Waals surface area contributed by atoms with E-state index in [-0.39, 0.29) is 0 Å². The van der Waals surface area contributed by atoms with Crippen LogP contribution in [0.2, 0.25) is 0 Å². The third kappa shape index (κ3) is 2.25. The van der Waals surface area contributed by atoms with Crippen molar-refractivity contribution in [1.29, 1.82) is 0 Å². The first kappa shape index (κ1) is 10.9. The lowest BCUT2D eigenvalue weighted by Gasteiger charge is -2.32. The molecule has 0 bridgehead atoms. The highest BCUT2D eigenvalue weighted by Crippen LogP contribution is 2.34. The van der Waals surface area contributed by atoms with E-state index in [4.69, 9.17) is 0 Å². The Hall–Kier alpha value is -1.22. The summed E-state index contributed by atoms with van der Waals surface area (Å²) >= 11 is 0. The van der Waals surface area contributed by atoms with E-state index in [0.717, 1.165) is 25.6 Å². The molecule has 0 saturated heterocycles. The number of nitrogens with one attached hydrogen (secondary N) is 2. The van der Waals surface area contributed by atoms with Gasteiger partial charge in [0, 0.05) is 30.7 Å². The molecule has 17 heavy (non-hydrogen) atoms. The molecule has 0 amide bonds. The molecule has 1 aliphatic carbocycles. The summed E-state index contributed by atoms with van der Waals surface area (Å²) in [7, 11) is 0. The molecule has 1 unspecified atom stereocenters. The number of hydrogen-bond acceptors (Lipinski definition) is 3. The maximum absolute atomic E-state index is 9.59. The second kappa shape index (κ2) is 4.57. The van der Waals surface area contributed by atoms with E-state index < -0.39 is 0 Å². The molecule has 1 saturated carbocycles. The minimum absolute atomic E-state index is 0.376. The molecule has 1 heterocycles. The van der Waals surface area contributed by atoms with Gasteiger partial charge in [0.05, 0.1) is 0 Å². The number of benzene rings is 1. The first-order valence-corrected chi connectivity index (χ1v) is 6.63. The maximum Gasteiger partial charge on any atom is 0.116 e. The second-order valence-corrected chi connectivity index (χ2v) is 5.22. The molecule has 1 atom stereocenters. The Balaban J connectivity index is 1.71. The van der Waals surface area contributed by atoms with E-state index in [1.54, 1.807) is 6.07 Å². The number of hydrogen-bond donors (Lipinski definition) is 3. The Morgan fingerprint density at radius 1 is 1.29 bits per heavy atom. The molecule has 1 aliphatic heterocycles. The van der Waals surface area contributed by atoms with Gasteiger partial charge in [-0.05, 0) is 43.0 Å². The molecule has 1 fully saturated rings. The number of aromatic hydroxyl groups is 1. The quantitative estimate of drug-likeness (QED) is 0.701. The average Bonchev–Trinajstić information content (AvgIpc) is 2.27. The average molecular weight is 232 g/mol. The van der Waals surface area contributed by atoms with Gasteiger partial charge in [-0.25, -0.2) is 0 Å². The lowest BCUT2D eigenvalue weighted by Crippen LogP contribution is -2.38. The van der Waals surface area contributed by atoms with Crippen molar-refractivity contribution in [1.82, 2.24) is 5.32 Å². The number of phenols is 1. The van der Waals surface area contributed by atoms with Crippen LogP contribution >= 0.6 is 0 Å². The molecule has 3 rings (SSSR count). The highest BCUT2D eigenvalue weighted by atomic mass is 16.3. The van der Waals surface area contributed by atoms with Crippen molar-refractivity contribution in [2.45, 2.75) is 37.6 Å². The van der Waals surface area contributed by atoms with Crippen molar-refractivity contribution in [2.24, 2.45) is 0 Å². The summed E-state index contributed by atoms with van der Waals surface area (Å²) in [5, 5.41) is 16.6. The zero-order valence-corrected chi connectivity index (χ0v) is 10.1. The van der Waals surface area contributed by atoms with Gasteiger partial charge in [-0.15, -0.1) is 0 Å². The van der Waals surface area contributed by atoms with E-state index in [1.807, 2.05) is 12.1 Å². The molecule has 1 aromatic rings. The first-order valence-electron chi connectivity index (χ1n) is 6.63. The molecular weight excluding hydrogens is 212 g/mol. The van der Waals surface area contributed by atoms with E-state index in [9.17, 15) is 5.11 Å². The van der Waals surface area contributed by atoms with Crippen LogP contribution in [-0.4, -0.2) is 24.2 Å². The van der Waals surface area contributed by atoms with Crippen LogP contribution in [0, 0.1) is 0 Å². The van der Waals surface area contributed by atoms with Gasteiger partial charge in [-0.1, -0.05) is 6.42 Å². The molecule has 3 N–H and O–H groups in total. The maximum atomic E-state index is 9.59. The number of rotatable bonds is 3. The van der Waals surface area contributed by atoms with Gasteiger partial charge in [0.1, 0.15) is 5.75 Å². The van der Waals surface area contributed by atoms with Gasteiger partial charge >= 0.3 is 0 Å². The highest BCUT2D eigenvalue weighted by Gasteiger charge is 2.23. The smallest absolute Gasteiger partial charge is 0.116 e. The SMILES string of the molecule is Oc1ccc2c(c1)C(CNC1CCC1)CCN2. The van der Waals surface area contributed by atoms with E-state index >= 15 is 0 Å². The summed E-state index contributed by atoms with van der Waals surface area (Å²) in [6, 6.07) is 6.40. The summed E-state index contributed by atoms with van der Waals surface area (Å²) in [5.41, 5.74) is 2.46. The number of fused-ring (bicyclic) bond motifs is 1. The highest BCUT2D eigenvalue weighted by molar-refractivity contribution is 5.57. The fourth-order valence-electron chi connectivity index (χ4n) is 2.72. The number of phenolic OH excluding ortho intramolecular Hbond substituents is 1. The monoisotopic (exact) mass is 232 g/mol. The van der Waals surface area contributed by atoms with Crippen LogP contribution in [0.3, 0.4) is 0 Å². The Labute approximate surface area is 102 Å². The van der Waals surface area contributed by atoms with Gasteiger partial charge < -0.3 is 15.7 Å². The van der Waals surface area contributed by atoms with E-state index in [0.29, 0.717) is 11.7 Å². The predicted octanol–water partition coefficient (Wildman–Crippen LogP) is 2.43. The summed E-state index contributed by atoms with van der Waals surface area (Å²) in [6.07, 6.45) is 5.19. The first-order chi connectivity index (χ1) is 8.33. The van der Waals surface area contributed by atoms with Gasteiger partial charge in [-0.3, -0.25) is 0 Å². The largest absolute Gasteiger partial charge is 0.508 e. The molecule has 1 aromatic carbocycles. The summed E-state index contributed by atoms with van der Waals surface area (Å²) in [4.78, 5) is 0. The van der Waals surface area contributed by atoms with Crippen LogP contribution < -0.4 is 10.6 Å². The fourth-order valence-corrected chi connectivity index (χ4v) is 2.72. The molecule has 2 aliphatic rings. The van der Waals surface area contributed by atoms with Gasteiger partial charge in [0.15, 0.2) is 0 Å². The van der Waals surface area contributed by atoms with Crippen LogP contribution in [0.4, 0.5) is 5.69 Å². The van der Waals surface area contributed by atoms with Crippen LogP contribution in [0.25, 0.3) is 0 Å². The Kier molecular flexibility index (Phi) is 2.93. The number of anilines is 1. The summed E-state index contributed by atoms with van der Waals surface area (Å²) in [5.74, 6) is 0.917. The topological polar surface area (TPSA) is 44.3 Å². The van der Waals surface area contributed by atoms with Crippen molar-refractivity contribution in [3.05, 3.63) is 23.8 Å². The van der Waals surface area contributed by atoms with Crippen molar-refractivity contribution in [3.8, 4) is 5.75 Å². The standard InChI is InChI=1S/C14H20N2O/c17-12-4-5-14-13(8-12)10(6-7-15-14)9-16-11-2-1-3-11/h4-5,8,10-11,15-17H,1-3,6-7,9H2. The van der Waals surface area contributed by atoms with Crippen molar-refractivity contribution in [2.75, 3.05) is 18.4 Å². The van der Waals surface area contributed by atoms with Gasteiger partial charge in [-0.2, -0.15) is 0 Å². The summed E-state index contributed by atoms with van der Waals surface area (Å²) < 4.78 is 0. The van der Waals surface area contributed by atoms with Crippen LogP contribution in [0.1, 0.15) is 37.2 Å². The van der Waals surface area contributed by atoms with E-state index in [1.165, 1.54) is 30.5 Å². The Morgan fingerprint density at radius 3 is 2.94 bits per heavy atom. The lowest BCUT2D eigenvalue weighted by atomic mass is 9.88. The fraction of sp³-hybridized carbons (Fsp3) is 0.571. The Morgan fingerprint density at radius 2 is 2.18 bits per heavy atom. The minimum Gasteiger partial charge on any atom is -0.508 e. The van der Waals surface area contributed by atoms with Gasteiger partial charge in [0.25, 0.3) is 0 Å². The van der Waals surface area contributed by atoms with Crippen LogP contribution in [-0.2, 0) is 0 Å². The van der Waals surface area contributed by atoms with Gasteiger partial charge in [0.2, 0.25) is 0 Å². The molecule has 0 aromatic heterocycles. The zero-order chi connectivity index (χ0) is 11.7. The predicted molar refractivity (Wildman–Crippen MR) is 69.6 cm³/mol. The molecule has 92 valence electrons. The normalized spacial score (nSPS) is 23.6. The van der Waals surface area contributed by atoms with Crippen molar-refractivity contribution in [3.63, 3.8) is 0 Å². The minimum atomic E-state index is 0.376. The van der Waals surface area contributed by atoms with Crippen molar-refractivity contribution < 1.29 is 5.11 Å². The Bertz CT molecular complexity index is 401. The molecule has 3 heteroatoms. The summed E-state index contributed by atoms with van der Waals surface area (Å²) in [6.45, 7) is 2.08. The third-order valence-corrected chi connectivity index (χ3v) is 4.04. The zero-order valence-electron chi connectivity index (χ0n) is 10.1. The van der Waals surface area contributed by atoms with Crippen LogP contribution in [0.5, 0.6) is 5.75 Å². The third-order valence-electron chi connectivity index (χ3n) is 4.04. The second-order valence-electron chi connectivity index (χ2n) is 5.22.